The van der Waals surface area contributed by atoms with E-state index < -0.39 is 10.0 Å². The highest BCUT2D eigenvalue weighted by Gasteiger charge is 2.29. The second kappa shape index (κ2) is 6.91. The molecule has 2 rings (SSSR count). The minimum atomic E-state index is -3.53. The van der Waals surface area contributed by atoms with Gasteiger partial charge in [0.2, 0.25) is 10.0 Å². The molecule has 0 saturated carbocycles. The predicted molar refractivity (Wildman–Crippen MR) is 79.6 cm³/mol. The number of nitrogens with zero attached hydrogens (tertiary/aromatic N) is 1. The number of rotatable bonds is 7. The second-order valence-corrected chi connectivity index (χ2v) is 7.35. The number of likely N-dealkylation sites (N-methyl/N-ethyl adjacent to an activating group) is 1. The lowest BCUT2D eigenvalue weighted by molar-refractivity contribution is 0.0978. The number of hydrogen-bond donors (Lipinski definition) is 1. The molecule has 120 valence electrons. The Bertz CT molecular complexity index is 562. The van der Waals surface area contributed by atoms with Crippen LogP contribution >= 0.6 is 0 Å². The molecule has 2 heterocycles. The highest BCUT2D eigenvalue weighted by atomic mass is 32.2. The molecule has 1 N–H and O–H groups in total. The zero-order chi connectivity index (χ0) is 15.5. The Kier molecular flexibility index (Phi) is 5.43. The van der Waals surface area contributed by atoms with Gasteiger partial charge in [0.1, 0.15) is 16.4 Å². The van der Waals surface area contributed by atoms with E-state index in [0.717, 1.165) is 26.0 Å². The Morgan fingerprint density at radius 3 is 2.86 bits per heavy atom. The smallest absolute Gasteiger partial charge is 0.246 e. The highest BCUT2D eigenvalue weighted by molar-refractivity contribution is 7.89. The quantitative estimate of drug-likeness (QED) is 0.825. The normalized spacial score (nSPS) is 19.5. The van der Waals surface area contributed by atoms with E-state index in [0.29, 0.717) is 24.6 Å². The van der Waals surface area contributed by atoms with Crippen molar-refractivity contribution in [2.24, 2.45) is 0 Å². The zero-order valence-electron chi connectivity index (χ0n) is 12.9. The van der Waals surface area contributed by atoms with E-state index in [1.807, 2.05) is 6.92 Å². The molecular formula is C14H24N2O4S. The van der Waals surface area contributed by atoms with Gasteiger partial charge in [-0.1, -0.05) is 6.92 Å². The molecule has 0 aliphatic carbocycles. The predicted octanol–water partition coefficient (Wildman–Crippen LogP) is 1.50. The van der Waals surface area contributed by atoms with Gasteiger partial charge in [0, 0.05) is 26.3 Å². The third kappa shape index (κ3) is 3.85. The van der Waals surface area contributed by atoms with Crippen LogP contribution in [0, 0.1) is 6.92 Å². The molecule has 1 atom stereocenters. The first-order valence-electron chi connectivity index (χ1n) is 7.33. The summed E-state index contributed by atoms with van der Waals surface area (Å²) in [6, 6.07) is 1.61. The van der Waals surface area contributed by atoms with Crippen molar-refractivity contribution in [3.8, 4) is 0 Å². The van der Waals surface area contributed by atoms with Crippen molar-refractivity contribution in [2.75, 3.05) is 26.7 Å². The molecule has 1 aliphatic rings. The van der Waals surface area contributed by atoms with Crippen LogP contribution in [0.25, 0.3) is 0 Å². The number of ether oxygens (including phenoxy) is 1. The van der Waals surface area contributed by atoms with Crippen molar-refractivity contribution in [3.63, 3.8) is 0 Å². The average Bonchev–Trinajstić information content (AvgIpc) is 3.06. The molecule has 0 radical (unpaired) electrons. The molecule has 1 unspecified atom stereocenters. The van der Waals surface area contributed by atoms with Crippen LogP contribution in [-0.4, -0.2) is 45.6 Å². The molecule has 1 aromatic heterocycles. The zero-order valence-corrected chi connectivity index (χ0v) is 13.7. The molecule has 1 saturated heterocycles. The molecule has 1 aliphatic heterocycles. The van der Waals surface area contributed by atoms with E-state index in [-0.39, 0.29) is 11.0 Å². The van der Waals surface area contributed by atoms with Gasteiger partial charge in [-0.3, -0.25) is 0 Å². The van der Waals surface area contributed by atoms with Gasteiger partial charge in [0.25, 0.3) is 0 Å². The molecular weight excluding hydrogens is 292 g/mol. The van der Waals surface area contributed by atoms with Gasteiger partial charge in [-0.2, -0.15) is 4.31 Å². The van der Waals surface area contributed by atoms with Crippen molar-refractivity contribution < 1.29 is 17.6 Å². The van der Waals surface area contributed by atoms with E-state index in [9.17, 15) is 8.42 Å². The van der Waals surface area contributed by atoms with Gasteiger partial charge in [-0.05, 0) is 26.3 Å². The van der Waals surface area contributed by atoms with Crippen molar-refractivity contribution in [2.45, 2.75) is 44.2 Å². The molecule has 0 aromatic carbocycles. The van der Waals surface area contributed by atoms with Crippen molar-refractivity contribution >= 4 is 10.0 Å². The van der Waals surface area contributed by atoms with Gasteiger partial charge >= 0.3 is 0 Å². The van der Waals surface area contributed by atoms with Crippen LogP contribution in [0.1, 0.15) is 31.3 Å². The first-order chi connectivity index (χ1) is 9.95. The first kappa shape index (κ1) is 16.5. The van der Waals surface area contributed by atoms with Crippen molar-refractivity contribution in [3.05, 3.63) is 17.6 Å². The van der Waals surface area contributed by atoms with Crippen LogP contribution in [0.2, 0.25) is 0 Å². The molecule has 21 heavy (non-hydrogen) atoms. The number of furan rings is 1. The Labute approximate surface area is 126 Å². The monoisotopic (exact) mass is 316 g/mol. The molecule has 0 amide bonds. The largest absolute Gasteiger partial charge is 0.464 e. The Hall–Kier alpha value is -0.890. The van der Waals surface area contributed by atoms with Crippen molar-refractivity contribution in [1.82, 2.24) is 9.62 Å². The summed E-state index contributed by atoms with van der Waals surface area (Å²) < 4.78 is 37.6. The maximum Gasteiger partial charge on any atom is 0.246 e. The van der Waals surface area contributed by atoms with Crippen LogP contribution < -0.4 is 5.32 Å². The molecule has 7 heteroatoms. The number of hydrogen-bond acceptors (Lipinski definition) is 5. The molecule has 1 fully saturated rings. The van der Waals surface area contributed by atoms with Crippen LogP contribution in [0.4, 0.5) is 0 Å². The summed E-state index contributed by atoms with van der Waals surface area (Å²) in [4.78, 5) is 0.246. The summed E-state index contributed by atoms with van der Waals surface area (Å²) >= 11 is 0. The summed E-state index contributed by atoms with van der Waals surface area (Å²) in [7, 11) is -1.94. The summed E-state index contributed by atoms with van der Waals surface area (Å²) in [5.41, 5.74) is 0. The highest BCUT2D eigenvalue weighted by Crippen LogP contribution is 2.24. The number of aryl methyl sites for hydroxylation is 1. The standard InChI is InChI=1S/C14H24N2O4S/c1-4-15-9-13-8-14(11(2)20-13)21(17,18)16(3)10-12-6-5-7-19-12/h8,12,15H,4-7,9-10H2,1-3H3. The van der Waals surface area contributed by atoms with E-state index in [1.165, 1.54) is 4.31 Å². The second-order valence-electron chi connectivity index (χ2n) is 5.33. The average molecular weight is 316 g/mol. The van der Waals surface area contributed by atoms with E-state index >= 15 is 0 Å². The lowest BCUT2D eigenvalue weighted by Gasteiger charge is -2.20. The summed E-state index contributed by atoms with van der Waals surface area (Å²) in [6.45, 7) is 6.11. The third-order valence-corrected chi connectivity index (χ3v) is 5.58. The Morgan fingerprint density at radius 1 is 1.48 bits per heavy atom. The molecule has 6 nitrogen and oxygen atoms in total. The minimum Gasteiger partial charge on any atom is -0.464 e. The fraction of sp³-hybridized carbons (Fsp3) is 0.714. The van der Waals surface area contributed by atoms with Gasteiger partial charge in [-0.25, -0.2) is 8.42 Å². The van der Waals surface area contributed by atoms with Crippen LogP contribution in [0.15, 0.2) is 15.4 Å². The number of nitrogens with one attached hydrogen (secondary N) is 1. The maximum absolute atomic E-state index is 12.6. The molecule has 1 aromatic rings. The maximum atomic E-state index is 12.6. The van der Waals surface area contributed by atoms with E-state index in [2.05, 4.69) is 5.32 Å². The first-order valence-corrected chi connectivity index (χ1v) is 8.77. The fourth-order valence-electron chi connectivity index (χ4n) is 2.46. The van der Waals surface area contributed by atoms with Gasteiger partial charge in [0.15, 0.2) is 0 Å². The van der Waals surface area contributed by atoms with Crippen LogP contribution in [0.5, 0.6) is 0 Å². The lowest BCUT2D eigenvalue weighted by atomic mass is 10.2. The third-order valence-electron chi connectivity index (χ3n) is 3.65. The van der Waals surface area contributed by atoms with Crippen LogP contribution in [0.3, 0.4) is 0 Å². The molecule has 0 bridgehead atoms. The molecule has 0 spiro atoms. The SMILES string of the molecule is CCNCc1cc(S(=O)(=O)N(C)CC2CCCO2)c(C)o1. The van der Waals surface area contributed by atoms with E-state index in [1.54, 1.807) is 20.0 Å². The van der Waals surface area contributed by atoms with Crippen molar-refractivity contribution in [1.29, 1.82) is 0 Å². The fourth-order valence-corrected chi connectivity index (χ4v) is 3.84. The van der Waals surface area contributed by atoms with Crippen LogP contribution in [-0.2, 0) is 21.3 Å². The van der Waals surface area contributed by atoms with Gasteiger partial charge in [0.05, 0.1) is 12.6 Å². The Morgan fingerprint density at radius 2 is 2.24 bits per heavy atom. The lowest BCUT2D eigenvalue weighted by Crippen LogP contribution is -2.34. The van der Waals surface area contributed by atoms with Gasteiger partial charge in [-0.15, -0.1) is 0 Å². The summed E-state index contributed by atoms with van der Waals surface area (Å²) in [5.74, 6) is 1.07. The Balaban J connectivity index is 2.12. The van der Waals surface area contributed by atoms with E-state index in [4.69, 9.17) is 9.15 Å². The summed E-state index contributed by atoms with van der Waals surface area (Å²) in [6.07, 6.45) is 1.91. The minimum absolute atomic E-state index is 0.00166. The van der Waals surface area contributed by atoms with Gasteiger partial charge < -0.3 is 14.5 Å². The number of sulfonamides is 1. The topological polar surface area (TPSA) is 71.8 Å². The summed E-state index contributed by atoms with van der Waals surface area (Å²) in [5, 5.41) is 3.12.